The summed E-state index contributed by atoms with van der Waals surface area (Å²) in [6.07, 6.45) is 0.303. The summed E-state index contributed by atoms with van der Waals surface area (Å²) >= 11 is 0. The molecule has 0 unspecified atom stereocenters. The first-order valence-corrected chi connectivity index (χ1v) is 8.29. The van der Waals surface area contributed by atoms with Gasteiger partial charge in [0.15, 0.2) is 0 Å². The molecule has 0 atom stereocenters. The lowest BCUT2D eigenvalue weighted by molar-refractivity contribution is -0.115. The van der Waals surface area contributed by atoms with Crippen molar-refractivity contribution < 1.29 is 14.3 Å². The summed E-state index contributed by atoms with van der Waals surface area (Å²) in [7, 11) is 1.35. The first-order valence-electron chi connectivity index (χ1n) is 8.29. The van der Waals surface area contributed by atoms with Crippen LogP contribution in [0.3, 0.4) is 0 Å². The van der Waals surface area contributed by atoms with Gasteiger partial charge in [-0.15, -0.1) is 0 Å². The van der Waals surface area contributed by atoms with Gasteiger partial charge >= 0.3 is 5.97 Å². The largest absolute Gasteiger partial charge is 0.465 e. The van der Waals surface area contributed by atoms with Crippen molar-refractivity contribution in [1.82, 2.24) is 0 Å². The predicted octanol–water partition coefficient (Wildman–Crippen LogP) is 4.32. The number of rotatable bonds is 5. The number of nitrogens with one attached hydrogen (secondary N) is 1. The van der Waals surface area contributed by atoms with E-state index in [0.29, 0.717) is 17.7 Å². The van der Waals surface area contributed by atoms with E-state index in [1.165, 1.54) is 7.11 Å². The lowest BCUT2D eigenvalue weighted by Gasteiger charge is -2.12. The third kappa shape index (κ3) is 4.16. The third-order valence-electron chi connectivity index (χ3n) is 4.00. The summed E-state index contributed by atoms with van der Waals surface area (Å²) in [4.78, 5) is 24.2. The van der Waals surface area contributed by atoms with Crippen LogP contribution in [0.4, 0.5) is 5.69 Å². The number of anilines is 1. The molecule has 3 aromatic rings. The number of benzene rings is 3. The molecular weight excluding hydrogens is 326 g/mol. The minimum absolute atomic E-state index is 0.0900. The molecule has 0 aromatic heterocycles. The number of hydrogen-bond donors (Lipinski definition) is 1. The molecule has 0 saturated heterocycles. The van der Waals surface area contributed by atoms with E-state index in [4.69, 9.17) is 4.74 Å². The van der Waals surface area contributed by atoms with Gasteiger partial charge in [0.2, 0.25) is 5.91 Å². The van der Waals surface area contributed by atoms with Crippen LogP contribution < -0.4 is 5.32 Å². The van der Waals surface area contributed by atoms with Gasteiger partial charge in [-0.25, -0.2) is 4.79 Å². The number of hydrogen-bond acceptors (Lipinski definition) is 3. The van der Waals surface area contributed by atoms with Crippen molar-refractivity contribution in [2.45, 2.75) is 6.42 Å². The number of carbonyl (C=O) groups excluding carboxylic acids is 2. The van der Waals surface area contributed by atoms with Gasteiger partial charge in [0, 0.05) is 11.3 Å². The van der Waals surface area contributed by atoms with Gasteiger partial charge in [0.05, 0.1) is 19.1 Å². The Morgan fingerprint density at radius 1 is 0.885 bits per heavy atom. The molecule has 4 nitrogen and oxygen atoms in total. The van der Waals surface area contributed by atoms with E-state index >= 15 is 0 Å². The maximum Gasteiger partial charge on any atom is 0.337 e. The normalized spacial score (nSPS) is 10.2. The minimum atomic E-state index is -0.391. The zero-order chi connectivity index (χ0) is 18.4. The summed E-state index contributed by atoms with van der Waals surface area (Å²) in [5.41, 5.74) is 3.81. The molecule has 0 saturated carbocycles. The quantitative estimate of drug-likeness (QED) is 0.701. The lowest BCUT2D eigenvalue weighted by Crippen LogP contribution is -2.15. The van der Waals surface area contributed by atoms with E-state index in [1.807, 2.05) is 60.7 Å². The third-order valence-corrected chi connectivity index (χ3v) is 4.00. The fourth-order valence-electron chi connectivity index (χ4n) is 2.75. The molecule has 130 valence electrons. The number of ether oxygens (including phenoxy) is 1. The molecule has 0 bridgehead atoms. The first kappa shape index (κ1) is 17.4. The Morgan fingerprint density at radius 2 is 1.62 bits per heavy atom. The Morgan fingerprint density at radius 3 is 2.38 bits per heavy atom. The van der Waals surface area contributed by atoms with Crippen LogP contribution in [0.2, 0.25) is 0 Å². The Labute approximate surface area is 152 Å². The van der Waals surface area contributed by atoms with Gasteiger partial charge in [-0.2, -0.15) is 0 Å². The van der Waals surface area contributed by atoms with E-state index in [2.05, 4.69) is 5.32 Å². The monoisotopic (exact) mass is 345 g/mol. The van der Waals surface area contributed by atoms with Crippen molar-refractivity contribution in [2.75, 3.05) is 12.4 Å². The molecule has 0 spiro atoms. The second kappa shape index (κ2) is 8.12. The van der Waals surface area contributed by atoms with Crippen molar-refractivity contribution in [1.29, 1.82) is 0 Å². The van der Waals surface area contributed by atoms with Crippen LogP contribution in [0.15, 0.2) is 78.9 Å². The smallest absolute Gasteiger partial charge is 0.337 e. The van der Waals surface area contributed by atoms with Crippen molar-refractivity contribution in [2.24, 2.45) is 0 Å². The highest BCUT2D eigenvalue weighted by Gasteiger charge is 2.11. The van der Waals surface area contributed by atoms with Crippen LogP contribution in [0.1, 0.15) is 15.9 Å². The number of para-hydroxylation sites is 1. The highest BCUT2D eigenvalue weighted by molar-refractivity contribution is 5.97. The molecule has 0 aliphatic heterocycles. The van der Waals surface area contributed by atoms with Crippen LogP contribution in [0.5, 0.6) is 0 Å². The summed E-state index contributed by atoms with van der Waals surface area (Å²) in [6, 6.07) is 24.3. The van der Waals surface area contributed by atoms with Crippen molar-refractivity contribution in [3.8, 4) is 11.1 Å². The Kier molecular flexibility index (Phi) is 5.44. The lowest BCUT2D eigenvalue weighted by atomic mass is 10.0. The average Bonchev–Trinajstić information content (AvgIpc) is 2.68. The van der Waals surface area contributed by atoms with Crippen LogP contribution >= 0.6 is 0 Å². The molecule has 3 rings (SSSR count). The van der Waals surface area contributed by atoms with Gasteiger partial charge in [-0.1, -0.05) is 60.7 Å². The highest BCUT2D eigenvalue weighted by atomic mass is 16.5. The van der Waals surface area contributed by atoms with E-state index in [9.17, 15) is 9.59 Å². The predicted molar refractivity (Wildman–Crippen MR) is 102 cm³/mol. The zero-order valence-corrected chi connectivity index (χ0v) is 14.4. The van der Waals surface area contributed by atoms with E-state index in [1.54, 1.807) is 18.2 Å². The zero-order valence-electron chi connectivity index (χ0n) is 14.4. The minimum Gasteiger partial charge on any atom is -0.465 e. The molecule has 0 radical (unpaired) electrons. The second-order valence-electron chi connectivity index (χ2n) is 5.83. The molecule has 3 aromatic carbocycles. The van der Waals surface area contributed by atoms with Gasteiger partial charge in [0.25, 0.3) is 0 Å². The number of methoxy groups -OCH3 is 1. The Hall–Kier alpha value is -3.40. The molecule has 1 N–H and O–H groups in total. The van der Waals surface area contributed by atoms with Crippen molar-refractivity contribution >= 4 is 17.6 Å². The summed E-state index contributed by atoms with van der Waals surface area (Å²) < 4.78 is 4.78. The fourth-order valence-corrected chi connectivity index (χ4v) is 2.75. The molecule has 0 aliphatic carbocycles. The SMILES string of the molecule is COC(=O)c1cccc(-c2ccccc2NC(=O)Cc2ccccc2)c1. The number of amides is 1. The van der Waals surface area contributed by atoms with Crippen LogP contribution in [-0.2, 0) is 16.0 Å². The van der Waals surface area contributed by atoms with Crippen LogP contribution in [0, 0.1) is 0 Å². The van der Waals surface area contributed by atoms with E-state index < -0.39 is 5.97 Å². The molecule has 4 heteroatoms. The van der Waals surface area contributed by atoms with Crippen molar-refractivity contribution in [3.63, 3.8) is 0 Å². The van der Waals surface area contributed by atoms with Crippen molar-refractivity contribution in [3.05, 3.63) is 90.0 Å². The maximum absolute atomic E-state index is 12.4. The molecular formula is C22H19NO3. The molecule has 0 aliphatic rings. The fraction of sp³-hybridized carbons (Fsp3) is 0.0909. The highest BCUT2D eigenvalue weighted by Crippen LogP contribution is 2.28. The van der Waals surface area contributed by atoms with Crippen LogP contribution in [0.25, 0.3) is 11.1 Å². The van der Waals surface area contributed by atoms with E-state index in [0.717, 1.165) is 16.7 Å². The standard InChI is InChI=1S/C22H19NO3/c1-26-22(25)18-11-7-10-17(15-18)19-12-5-6-13-20(19)23-21(24)14-16-8-3-2-4-9-16/h2-13,15H,14H2,1H3,(H,23,24). The maximum atomic E-state index is 12.4. The van der Waals surface area contributed by atoms with Gasteiger partial charge < -0.3 is 10.1 Å². The summed E-state index contributed by atoms with van der Waals surface area (Å²) in [6.45, 7) is 0. The number of carbonyl (C=O) groups is 2. The topological polar surface area (TPSA) is 55.4 Å². The van der Waals surface area contributed by atoms with Gasteiger partial charge in [-0.3, -0.25) is 4.79 Å². The summed E-state index contributed by atoms with van der Waals surface area (Å²) in [5, 5.41) is 2.97. The van der Waals surface area contributed by atoms with Crippen LogP contribution in [-0.4, -0.2) is 19.0 Å². The number of esters is 1. The average molecular weight is 345 g/mol. The van der Waals surface area contributed by atoms with E-state index in [-0.39, 0.29) is 5.91 Å². The Balaban J connectivity index is 1.85. The second-order valence-corrected chi connectivity index (χ2v) is 5.83. The molecule has 1 amide bonds. The molecule has 0 fully saturated rings. The Bertz CT molecular complexity index is 919. The van der Waals surface area contributed by atoms with Gasteiger partial charge in [-0.05, 0) is 29.3 Å². The van der Waals surface area contributed by atoms with Gasteiger partial charge in [0.1, 0.15) is 0 Å². The molecule has 26 heavy (non-hydrogen) atoms. The summed E-state index contributed by atoms with van der Waals surface area (Å²) in [5.74, 6) is -0.481. The first-order chi connectivity index (χ1) is 12.7. The molecule has 0 heterocycles.